The molecule has 1 aliphatic rings. The summed E-state index contributed by atoms with van der Waals surface area (Å²) in [6.07, 6.45) is 0.873. The molecule has 1 aromatic rings. The number of Topliss-reactive ketones (excluding diaryl/α,β-unsaturated/α-hetero) is 1. The van der Waals surface area contributed by atoms with E-state index in [-0.39, 0.29) is 18.1 Å². The van der Waals surface area contributed by atoms with Crippen molar-refractivity contribution in [1.29, 1.82) is 0 Å². The molecule has 1 N–H and O–H groups in total. The number of ketones is 1. The van der Waals surface area contributed by atoms with Gasteiger partial charge in [0.2, 0.25) is 5.78 Å². The molecular weight excluding hydrogens is 265 g/mol. The molecule has 0 spiro atoms. The molecule has 0 aliphatic heterocycles. The molecule has 0 aromatic carbocycles. The fourth-order valence-corrected chi connectivity index (χ4v) is 2.20. The summed E-state index contributed by atoms with van der Waals surface area (Å²) < 4.78 is 3.46. The van der Waals surface area contributed by atoms with Gasteiger partial charge in [-0.15, -0.1) is 0 Å². The van der Waals surface area contributed by atoms with Crippen LogP contribution in [-0.2, 0) is 11.2 Å². The van der Waals surface area contributed by atoms with Gasteiger partial charge in [-0.2, -0.15) is 0 Å². The van der Waals surface area contributed by atoms with Gasteiger partial charge in [-0.25, -0.2) is 4.79 Å². The van der Waals surface area contributed by atoms with Crippen molar-refractivity contribution >= 4 is 35.0 Å². The minimum atomic E-state index is -1.39. The number of halogens is 2. The Morgan fingerprint density at radius 3 is 2.94 bits per heavy atom. The van der Waals surface area contributed by atoms with E-state index < -0.39 is 10.3 Å². The molecule has 0 unspecified atom stereocenters. The van der Waals surface area contributed by atoms with E-state index in [1.807, 2.05) is 0 Å². The Morgan fingerprint density at radius 2 is 2.29 bits per heavy atom. The predicted octanol–water partition coefficient (Wildman–Crippen LogP) is 2.49. The van der Waals surface area contributed by atoms with Crippen molar-refractivity contribution in [1.82, 2.24) is 4.98 Å². The third kappa shape index (κ3) is 2.19. The predicted molar refractivity (Wildman–Crippen MR) is 63.8 cm³/mol. The summed E-state index contributed by atoms with van der Waals surface area (Å²) in [5.74, 6) is -0.849. The fraction of sp³-hybridized carbons (Fsp3) is 0.455. The normalized spacial score (nSPS) is 17.7. The number of esters is 1. The highest BCUT2D eigenvalue weighted by Crippen LogP contribution is 2.37. The van der Waals surface area contributed by atoms with Gasteiger partial charge >= 0.3 is 5.97 Å². The van der Waals surface area contributed by atoms with Crippen LogP contribution in [0.4, 0.5) is 0 Å². The van der Waals surface area contributed by atoms with Crippen LogP contribution in [0.25, 0.3) is 0 Å². The topological polar surface area (TPSA) is 59.2 Å². The highest BCUT2D eigenvalue weighted by molar-refractivity contribution is 6.60. The number of fused-ring (bicyclic) bond motifs is 1. The number of alkyl halides is 2. The Labute approximate surface area is 108 Å². The number of carbonyl (C=O) groups excluding carboxylic acids is 2. The number of nitrogens with one attached hydrogen (secondary N) is 1. The zero-order chi connectivity index (χ0) is 12.6. The van der Waals surface area contributed by atoms with Crippen LogP contribution >= 0.6 is 23.2 Å². The molecule has 4 nitrogen and oxygen atoms in total. The first-order valence-electron chi connectivity index (χ1n) is 5.27. The quantitative estimate of drug-likeness (QED) is 0.667. The van der Waals surface area contributed by atoms with Crippen LogP contribution in [0.2, 0.25) is 0 Å². The fourth-order valence-electron chi connectivity index (χ4n) is 1.81. The van der Waals surface area contributed by atoms with Crippen LogP contribution in [0.1, 0.15) is 39.9 Å². The average molecular weight is 276 g/mol. The Balaban J connectivity index is 2.34. The van der Waals surface area contributed by atoms with Crippen molar-refractivity contribution in [3.8, 4) is 0 Å². The van der Waals surface area contributed by atoms with Crippen LogP contribution in [0.15, 0.2) is 6.07 Å². The third-order valence-electron chi connectivity index (χ3n) is 2.66. The molecular formula is C11H11Cl2NO3. The molecule has 2 rings (SSSR count). The largest absolute Gasteiger partial charge is 0.461 e. The van der Waals surface area contributed by atoms with Gasteiger partial charge in [0.25, 0.3) is 0 Å². The molecule has 0 bridgehead atoms. The Morgan fingerprint density at radius 1 is 1.59 bits per heavy atom. The van der Waals surface area contributed by atoms with Crippen molar-refractivity contribution in [2.75, 3.05) is 6.61 Å². The molecule has 1 aromatic heterocycles. The highest BCUT2D eigenvalue weighted by atomic mass is 35.5. The number of aromatic amines is 1. The number of aromatic nitrogens is 1. The number of H-pyrrole nitrogens is 1. The molecule has 0 saturated heterocycles. The second-order valence-corrected chi connectivity index (χ2v) is 5.31. The molecule has 17 heavy (non-hydrogen) atoms. The molecule has 1 aliphatic carbocycles. The van der Waals surface area contributed by atoms with E-state index in [4.69, 9.17) is 27.9 Å². The van der Waals surface area contributed by atoms with E-state index in [9.17, 15) is 9.59 Å². The third-order valence-corrected chi connectivity index (χ3v) is 3.38. The summed E-state index contributed by atoms with van der Waals surface area (Å²) in [7, 11) is 0. The molecule has 0 radical (unpaired) electrons. The van der Waals surface area contributed by atoms with Crippen molar-refractivity contribution in [3.05, 3.63) is 23.0 Å². The van der Waals surface area contributed by atoms with E-state index in [0.717, 1.165) is 0 Å². The van der Waals surface area contributed by atoms with E-state index in [2.05, 4.69) is 4.98 Å². The summed E-state index contributed by atoms with van der Waals surface area (Å²) in [4.78, 5) is 26.3. The molecule has 0 fully saturated rings. The smallest absolute Gasteiger partial charge is 0.354 e. The summed E-state index contributed by atoms with van der Waals surface area (Å²) >= 11 is 11.8. The monoisotopic (exact) mass is 275 g/mol. The lowest BCUT2D eigenvalue weighted by Gasteiger charge is -2.22. The zero-order valence-electron chi connectivity index (χ0n) is 9.18. The second-order valence-electron chi connectivity index (χ2n) is 3.83. The minimum Gasteiger partial charge on any atom is -0.461 e. The number of carbonyl (C=O) groups is 2. The molecule has 0 saturated carbocycles. The standard InChI is InChI=1S/C11H11Cl2NO3/c1-2-17-10(16)8-5-6-7(14-8)3-4-11(12,13)9(6)15/h5,14H,2-4H2,1H3. The van der Waals surface area contributed by atoms with Crippen LogP contribution in [0.5, 0.6) is 0 Å². The van der Waals surface area contributed by atoms with Crippen molar-refractivity contribution in [3.63, 3.8) is 0 Å². The first kappa shape index (κ1) is 12.5. The van der Waals surface area contributed by atoms with E-state index in [0.29, 0.717) is 24.1 Å². The number of ether oxygens (including phenoxy) is 1. The van der Waals surface area contributed by atoms with Crippen molar-refractivity contribution in [2.24, 2.45) is 0 Å². The van der Waals surface area contributed by atoms with E-state index in [1.165, 1.54) is 6.07 Å². The number of hydrogen-bond acceptors (Lipinski definition) is 3. The summed E-state index contributed by atoms with van der Waals surface area (Å²) in [5, 5.41) is 0. The molecule has 1 heterocycles. The maximum absolute atomic E-state index is 11.9. The lowest BCUT2D eigenvalue weighted by molar-refractivity contribution is 0.0520. The van der Waals surface area contributed by atoms with E-state index in [1.54, 1.807) is 6.92 Å². The van der Waals surface area contributed by atoms with Crippen LogP contribution < -0.4 is 0 Å². The average Bonchev–Trinajstić information content (AvgIpc) is 2.69. The first-order chi connectivity index (χ1) is 7.95. The van der Waals surface area contributed by atoms with Gasteiger partial charge in [-0.1, -0.05) is 23.2 Å². The van der Waals surface area contributed by atoms with E-state index >= 15 is 0 Å². The number of hydrogen-bond donors (Lipinski definition) is 1. The Bertz CT molecular complexity index is 479. The van der Waals surface area contributed by atoms with Crippen molar-refractivity contribution in [2.45, 2.75) is 24.1 Å². The summed E-state index contributed by atoms with van der Waals surface area (Å²) in [6, 6.07) is 1.45. The number of rotatable bonds is 2. The second kappa shape index (κ2) is 4.35. The van der Waals surface area contributed by atoms with Gasteiger partial charge in [0, 0.05) is 11.3 Å². The lowest BCUT2D eigenvalue weighted by atomic mass is 9.96. The Hall–Kier alpha value is -1.00. The SMILES string of the molecule is CCOC(=O)c1cc2c([nH]1)CCC(Cl)(Cl)C2=O. The Kier molecular flexibility index (Phi) is 3.19. The first-order valence-corrected chi connectivity index (χ1v) is 6.03. The zero-order valence-corrected chi connectivity index (χ0v) is 10.7. The summed E-state index contributed by atoms with van der Waals surface area (Å²) in [6.45, 7) is 2.00. The van der Waals surface area contributed by atoms with Crippen LogP contribution in [-0.4, -0.2) is 27.7 Å². The van der Waals surface area contributed by atoms with Gasteiger partial charge in [0.05, 0.1) is 6.61 Å². The van der Waals surface area contributed by atoms with Gasteiger partial charge in [0.1, 0.15) is 5.69 Å². The molecule has 92 valence electrons. The number of aryl methyl sites for hydroxylation is 1. The van der Waals surface area contributed by atoms with Crippen LogP contribution in [0, 0.1) is 0 Å². The molecule has 0 amide bonds. The maximum Gasteiger partial charge on any atom is 0.354 e. The van der Waals surface area contributed by atoms with Gasteiger partial charge in [-0.05, 0) is 25.8 Å². The molecule has 0 atom stereocenters. The minimum absolute atomic E-state index is 0.260. The van der Waals surface area contributed by atoms with Crippen molar-refractivity contribution < 1.29 is 14.3 Å². The van der Waals surface area contributed by atoms with Crippen LogP contribution in [0.3, 0.4) is 0 Å². The summed E-state index contributed by atoms with van der Waals surface area (Å²) in [5.41, 5.74) is 1.33. The molecule has 6 heteroatoms. The van der Waals surface area contributed by atoms with Gasteiger partial charge in [-0.3, -0.25) is 4.79 Å². The lowest BCUT2D eigenvalue weighted by Crippen LogP contribution is -2.31. The van der Waals surface area contributed by atoms with Gasteiger partial charge < -0.3 is 9.72 Å². The maximum atomic E-state index is 11.9. The highest BCUT2D eigenvalue weighted by Gasteiger charge is 2.40. The van der Waals surface area contributed by atoms with Gasteiger partial charge in [0.15, 0.2) is 4.33 Å².